The van der Waals surface area contributed by atoms with E-state index in [1.54, 1.807) is 0 Å². The highest BCUT2D eigenvalue weighted by Gasteiger charge is 2.38. The van der Waals surface area contributed by atoms with Crippen LogP contribution in [0.15, 0.2) is 4.99 Å². The number of nitrogens with one attached hydrogen (secondary N) is 2. The second kappa shape index (κ2) is 13.8. The normalized spacial score (nSPS) is 21.4. The van der Waals surface area contributed by atoms with E-state index in [1.165, 1.54) is 75.3 Å². The van der Waals surface area contributed by atoms with E-state index < -0.39 is 0 Å². The average molecular weight is 501 g/mol. The Balaban J connectivity index is 0.00000312. The molecule has 0 radical (unpaired) electrons. The minimum Gasteiger partial charge on any atom is -0.356 e. The molecule has 1 saturated carbocycles. The van der Waals surface area contributed by atoms with Crippen LogP contribution in [0.25, 0.3) is 0 Å². The fourth-order valence-electron chi connectivity index (χ4n) is 3.90. The zero-order valence-electron chi connectivity index (χ0n) is 16.0. The lowest BCUT2D eigenvalue weighted by Crippen LogP contribution is -2.59. The maximum absolute atomic E-state index is 4.43. The highest BCUT2D eigenvalue weighted by Crippen LogP contribution is 2.34. The lowest BCUT2D eigenvalue weighted by atomic mass is 9.80. The van der Waals surface area contributed by atoms with Crippen molar-refractivity contribution in [3.8, 4) is 0 Å². The molecule has 0 aromatic carbocycles. The Bertz CT molecular complexity index is 370. The highest BCUT2D eigenvalue weighted by atomic mass is 127. The Morgan fingerprint density at radius 3 is 2.48 bits per heavy atom. The van der Waals surface area contributed by atoms with Crippen molar-refractivity contribution in [1.29, 1.82) is 0 Å². The Kier molecular flexibility index (Phi) is 13.1. The fraction of sp³-hybridized carbons (Fsp3) is 0.944. The van der Waals surface area contributed by atoms with Crippen LogP contribution in [0, 0.1) is 0 Å². The summed E-state index contributed by atoms with van der Waals surface area (Å²) in [6.45, 7) is 4.58. The van der Waals surface area contributed by atoms with E-state index in [-0.39, 0.29) is 24.0 Å². The molecule has 1 saturated heterocycles. The quantitative estimate of drug-likeness (QED) is 0.230. The molecule has 0 aromatic rings. The monoisotopic (exact) mass is 500 g/mol. The number of rotatable bonds is 8. The van der Waals surface area contributed by atoms with Gasteiger partial charge in [0.25, 0.3) is 0 Å². The van der Waals surface area contributed by atoms with Gasteiger partial charge in [-0.3, -0.25) is 9.89 Å². The molecule has 0 spiro atoms. The van der Waals surface area contributed by atoms with Crippen molar-refractivity contribution in [2.75, 3.05) is 56.7 Å². The van der Waals surface area contributed by atoms with Gasteiger partial charge in [-0.1, -0.05) is 19.3 Å². The van der Waals surface area contributed by atoms with Gasteiger partial charge in [0.1, 0.15) is 0 Å². The summed E-state index contributed by atoms with van der Waals surface area (Å²) in [6, 6.07) is 0. The first-order valence-electron chi connectivity index (χ1n) is 9.57. The molecule has 0 aromatic heterocycles. The molecule has 1 aliphatic carbocycles. The zero-order chi connectivity index (χ0) is 17.1. The van der Waals surface area contributed by atoms with E-state index in [4.69, 9.17) is 0 Å². The number of hydrogen-bond acceptors (Lipinski definition) is 4. The largest absolute Gasteiger partial charge is 0.356 e. The lowest BCUT2D eigenvalue weighted by Gasteiger charge is -2.48. The van der Waals surface area contributed by atoms with Crippen LogP contribution < -0.4 is 10.6 Å². The van der Waals surface area contributed by atoms with Gasteiger partial charge in [0, 0.05) is 50.3 Å². The van der Waals surface area contributed by atoms with E-state index in [2.05, 4.69) is 38.5 Å². The summed E-state index contributed by atoms with van der Waals surface area (Å²) in [7, 11) is 1.89. The van der Waals surface area contributed by atoms with Crippen LogP contribution in [0.5, 0.6) is 0 Å². The van der Waals surface area contributed by atoms with Crippen molar-refractivity contribution in [1.82, 2.24) is 15.5 Å². The Labute approximate surface area is 180 Å². The van der Waals surface area contributed by atoms with Gasteiger partial charge in [-0.05, 0) is 37.7 Å². The van der Waals surface area contributed by atoms with Crippen molar-refractivity contribution < 1.29 is 0 Å². The van der Waals surface area contributed by atoms with Crippen molar-refractivity contribution in [2.24, 2.45) is 4.99 Å². The molecule has 148 valence electrons. The van der Waals surface area contributed by atoms with Gasteiger partial charge in [-0.25, -0.2) is 0 Å². The van der Waals surface area contributed by atoms with E-state index in [0.29, 0.717) is 5.54 Å². The number of halogens is 1. The number of nitrogens with zero attached hydrogens (tertiary/aromatic N) is 2. The number of guanidine groups is 1. The second-order valence-corrected chi connectivity index (χ2v) is 9.15. The molecule has 7 heteroatoms. The van der Waals surface area contributed by atoms with Crippen LogP contribution in [0.3, 0.4) is 0 Å². The average Bonchev–Trinajstić information content (AvgIpc) is 2.65. The van der Waals surface area contributed by atoms with Crippen molar-refractivity contribution in [3.05, 3.63) is 0 Å². The molecule has 2 fully saturated rings. The second-order valence-electron chi connectivity index (χ2n) is 6.94. The molecule has 25 heavy (non-hydrogen) atoms. The molecular formula is C18H37IN4S2. The summed E-state index contributed by atoms with van der Waals surface area (Å²) in [5.41, 5.74) is 0.357. The standard InChI is InChI=1S/C18H36N4S2.HI/c1-19-17(20-10-6-7-13-23-2)21-16-18(8-4-3-5-9-18)22-11-14-24-15-12-22;/h3-16H2,1-2H3,(H2,19,20,21);1H. The summed E-state index contributed by atoms with van der Waals surface area (Å²) in [5.74, 6) is 4.83. The summed E-state index contributed by atoms with van der Waals surface area (Å²) in [6.07, 6.45) is 11.5. The molecule has 2 rings (SSSR count). The SMILES string of the molecule is CN=C(NCCCCSC)NCC1(N2CCSCC2)CCCCC1.I. The highest BCUT2D eigenvalue weighted by molar-refractivity contribution is 14.0. The molecule has 0 atom stereocenters. The molecule has 1 aliphatic heterocycles. The molecule has 2 aliphatic rings. The molecular weight excluding hydrogens is 463 g/mol. The van der Waals surface area contributed by atoms with E-state index in [0.717, 1.165) is 19.0 Å². The first-order valence-corrected chi connectivity index (χ1v) is 12.1. The van der Waals surface area contributed by atoms with E-state index in [9.17, 15) is 0 Å². The van der Waals surface area contributed by atoms with Crippen LogP contribution in [-0.2, 0) is 0 Å². The molecule has 0 amide bonds. The van der Waals surface area contributed by atoms with Gasteiger partial charge in [-0.15, -0.1) is 24.0 Å². The molecule has 1 heterocycles. The van der Waals surface area contributed by atoms with Gasteiger partial charge in [0.05, 0.1) is 0 Å². The number of aliphatic imine (C=N–C) groups is 1. The number of thioether (sulfide) groups is 2. The van der Waals surface area contributed by atoms with Crippen molar-refractivity contribution in [3.63, 3.8) is 0 Å². The first-order chi connectivity index (χ1) is 11.8. The topological polar surface area (TPSA) is 39.7 Å². The smallest absolute Gasteiger partial charge is 0.191 e. The third kappa shape index (κ3) is 8.05. The van der Waals surface area contributed by atoms with Crippen LogP contribution >= 0.6 is 47.5 Å². The summed E-state index contributed by atoms with van der Waals surface area (Å²) in [4.78, 5) is 7.21. The van der Waals surface area contributed by atoms with Gasteiger partial charge >= 0.3 is 0 Å². The first kappa shape index (κ1) is 23.7. The molecule has 4 nitrogen and oxygen atoms in total. The zero-order valence-corrected chi connectivity index (χ0v) is 20.0. The maximum Gasteiger partial charge on any atom is 0.191 e. The van der Waals surface area contributed by atoms with Crippen LogP contribution in [-0.4, -0.2) is 73.1 Å². The summed E-state index contributed by atoms with van der Waals surface area (Å²) >= 11 is 4.04. The third-order valence-electron chi connectivity index (χ3n) is 5.34. The summed E-state index contributed by atoms with van der Waals surface area (Å²) < 4.78 is 0. The lowest BCUT2D eigenvalue weighted by molar-refractivity contribution is 0.0626. The predicted molar refractivity (Wildman–Crippen MR) is 127 cm³/mol. The van der Waals surface area contributed by atoms with Crippen LogP contribution in [0.1, 0.15) is 44.9 Å². The fourth-order valence-corrected chi connectivity index (χ4v) is 5.30. The summed E-state index contributed by atoms with van der Waals surface area (Å²) in [5, 5.41) is 7.15. The Morgan fingerprint density at radius 2 is 1.84 bits per heavy atom. The minimum absolute atomic E-state index is 0. The van der Waals surface area contributed by atoms with Gasteiger partial charge in [0.15, 0.2) is 5.96 Å². The van der Waals surface area contributed by atoms with Gasteiger partial charge in [0.2, 0.25) is 0 Å². The third-order valence-corrected chi connectivity index (χ3v) is 6.98. The molecule has 0 unspecified atom stereocenters. The minimum atomic E-state index is 0. The number of hydrogen-bond donors (Lipinski definition) is 2. The molecule has 0 bridgehead atoms. The number of unbranched alkanes of at least 4 members (excludes halogenated alkanes) is 1. The molecule has 2 N–H and O–H groups in total. The maximum atomic E-state index is 4.43. The predicted octanol–water partition coefficient (Wildman–Crippen LogP) is 3.66. The van der Waals surface area contributed by atoms with E-state index >= 15 is 0 Å². The van der Waals surface area contributed by atoms with Gasteiger partial charge < -0.3 is 10.6 Å². The van der Waals surface area contributed by atoms with Gasteiger partial charge in [-0.2, -0.15) is 23.5 Å². The van der Waals surface area contributed by atoms with Crippen molar-refractivity contribution in [2.45, 2.75) is 50.5 Å². The van der Waals surface area contributed by atoms with Crippen LogP contribution in [0.2, 0.25) is 0 Å². The van der Waals surface area contributed by atoms with E-state index in [1.807, 2.05) is 18.8 Å². The van der Waals surface area contributed by atoms with Crippen molar-refractivity contribution >= 4 is 53.5 Å². The van der Waals surface area contributed by atoms with Crippen LogP contribution in [0.4, 0.5) is 0 Å². The Hall–Kier alpha value is 0.660. The Morgan fingerprint density at radius 1 is 1.12 bits per heavy atom.